The molecule has 0 aliphatic heterocycles. The second kappa shape index (κ2) is 7.22. The number of nitrogens with zero attached hydrogens (tertiary/aromatic N) is 2. The first-order chi connectivity index (χ1) is 13.7. The molecule has 134 valence electrons. The van der Waals surface area contributed by atoms with Gasteiger partial charge in [0, 0.05) is 17.1 Å². The number of nitrogens with one attached hydrogen (secondary N) is 1. The van der Waals surface area contributed by atoms with E-state index in [1.807, 2.05) is 42.5 Å². The summed E-state index contributed by atoms with van der Waals surface area (Å²) in [5, 5.41) is 25.0. The van der Waals surface area contributed by atoms with Crippen LogP contribution in [0.25, 0.3) is 27.8 Å². The molecule has 0 bridgehead atoms. The van der Waals surface area contributed by atoms with Gasteiger partial charge in [-0.05, 0) is 47.2 Å². The molecule has 4 rings (SSSR count). The molecule has 0 aliphatic rings. The van der Waals surface area contributed by atoms with Gasteiger partial charge in [0.2, 0.25) is 0 Å². The van der Waals surface area contributed by atoms with Crippen LogP contribution in [0.2, 0.25) is 0 Å². The number of phenolic OH excluding ortho intramolecular Hbond substituents is 1. The van der Waals surface area contributed by atoms with Crippen LogP contribution in [0, 0.1) is 11.3 Å². The van der Waals surface area contributed by atoms with Gasteiger partial charge >= 0.3 is 0 Å². The summed E-state index contributed by atoms with van der Waals surface area (Å²) in [5.74, 6) is -0.542. The van der Waals surface area contributed by atoms with Crippen molar-refractivity contribution in [3.05, 3.63) is 84.1 Å². The minimum absolute atomic E-state index is 0.00797. The molecule has 0 aliphatic carbocycles. The monoisotopic (exact) mass is 365 g/mol. The molecule has 0 radical (unpaired) electrons. The number of carbonyl (C=O) groups excluding carboxylic acids is 1. The third kappa shape index (κ3) is 3.15. The van der Waals surface area contributed by atoms with Gasteiger partial charge in [-0.15, -0.1) is 0 Å². The fraction of sp³-hybridized carbons (Fsp3) is 0. The van der Waals surface area contributed by atoms with E-state index in [9.17, 15) is 15.2 Å². The maximum atomic E-state index is 12.7. The molecule has 0 saturated heterocycles. The first-order valence-corrected chi connectivity index (χ1v) is 8.65. The van der Waals surface area contributed by atoms with Crippen LogP contribution >= 0.6 is 0 Å². The number of anilines is 1. The standard InChI is InChI=1S/C23H15N3O2/c24-14-16(13-19-17-6-2-1-5-15(17)10-11-22(19)27)23(28)26-21-9-3-8-20-18(21)7-4-12-25-20/h1-13,27H,(H,26,28). The normalized spacial score (nSPS) is 11.3. The molecular formula is C23H15N3O2. The molecule has 5 heteroatoms. The van der Waals surface area contributed by atoms with Crippen molar-refractivity contribution in [1.82, 2.24) is 4.98 Å². The smallest absolute Gasteiger partial charge is 0.266 e. The van der Waals surface area contributed by atoms with Crippen LogP contribution in [0.1, 0.15) is 5.56 Å². The van der Waals surface area contributed by atoms with Crippen molar-refractivity contribution in [3.8, 4) is 11.8 Å². The molecule has 1 amide bonds. The lowest BCUT2D eigenvalue weighted by atomic mass is 10.0. The van der Waals surface area contributed by atoms with Gasteiger partial charge in [0.05, 0.1) is 11.2 Å². The van der Waals surface area contributed by atoms with Gasteiger partial charge in [-0.25, -0.2) is 0 Å². The Labute approximate surface area is 161 Å². The van der Waals surface area contributed by atoms with Gasteiger partial charge in [0.1, 0.15) is 17.4 Å². The van der Waals surface area contributed by atoms with Crippen molar-refractivity contribution in [2.24, 2.45) is 0 Å². The predicted molar refractivity (Wildman–Crippen MR) is 110 cm³/mol. The van der Waals surface area contributed by atoms with E-state index in [0.29, 0.717) is 11.3 Å². The number of hydrogen-bond donors (Lipinski definition) is 2. The van der Waals surface area contributed by atoms with Crippen LogP contribution in [-0.2, 0) is 4.79 Å². The fourth-order valence-electron chi connectivity index (χ4n) is 3.13. The van der Waals surface area contributed by atoms with Crippen molar-refractivity contribution in [2.45, 2.75) is 0 Å². The van der Waals surface area contributed by atoms with E-state index >= 15 is 0 Å². The van der Waals surface area contributed by atoms with E-state index in [1.54, 1.807) is 36.5 Å². The average molecular weight is 365 g/mol. The molecule has 0 fully saturated rings. The van der Waals surface area contributed by atoms with Crippen LogP contribution in [-0.4, -0.2) is 16.0 Å². The summed E-state index contributed by atoms with van der Waals surface area (Å²) in [6.07, 6.45) is 3.09. The highest BCUT2D eigenvalue weighted by atomic mass is 16.3. The fourth-order valence-corrected chi connectivity index (χ4v) is 3.13. The van der Waals surface area contributed by atoms with E-state index in [0.717, 1.165) is 21.7 Å². The highest BCUT2D eigenvalue weighted by Gasteiger charge is 2.14. The molecule has 4 aromatic rings. The third-order valence-corrected chi connectivity index (χ3v) is 4.50. The Hall–Kier alpha value is -4.17. The zero-order valence-corrected chi connectivity index (χ0v) is 14.8. The van der Waals surface area contributed by atoms with Crippen molar-refractivity contribution in [1.29, 1.82) is 5.26 Å². The predicted octanol–water partition coefficient (Wildman–Crippen LogP) is 4.64. The lowest BCUT2D eigenvalue weighted by molar-refractivity contribution is -0.112. The molecule has 1 aromatic heterocycles. The first kappa shape index (κ1) is 17.3. The number of pyridine rings is 1. The van der Waals surface area contributed by atoms with Crippen molar-refractivity contribution in [2.75, 3.05) is 5.32 Å². The summed E-state index contributed by atoms with van der Waals surface area (Å²) in [6.45, 7) is 0. The Balaban J connectivity index is 1.74. The number of aromatic hydroxyl groups is 1. The molecule has 0 atom stereocenters. The van der Waals surface area contributed by atoms with Gasteiger partial charge < -0.3 is 10.4 Å². The molecule has 5 nitrogen and oxygen atoms in total. The summed E-state index contributed by atoms with van der Waals surface area (Å²) >= 11 is 0. The quantitative estimate of drug-likeness (QED) is 0.409. The van der Waals surface area contributed by atoms with E-state index in [4.69, 9.17) is 0 Å². The van der Waals surface area contributed by atoms with E-state index in [2.05, 4.69) is 10.3 Å². The van der Waals surface area contributed by atoms with Crippen LogP contribution < -0.4 is 5.32 Å². The minimum Gasteiger partial charge on any atom is -0.507 e. The zero-order chi connectivity index (χ0) is 19.5. The number of benzene rings is 3. The van der Waals surface area contributed by atoms with E-state index < -0.39 is 5.91 Å². The molecule has 0 spiro atoms. The van der Waals surface area contributed by atoms with Gasteiger partial charge in [-0.3, -0.25) is 9.78 Å². The Morgan fingerprint density at radius 2 is 1.82 bits per heavy atom. The molecule has 0 saturated carbocycles. The highest BCUT2D eigenvalue weighted by Crippen LogP contribution is 2.29. The third-order valence-electron chi connectivity index (χ3n) is 4.50. The average Bonchev–Trinajstić information content (AvgIpc) is 2.73. The second-order valence-electron chi connectivity index (χ2n) is 6.22. The van der Waals surface area contributed by atoms with Crippen LogP contribution in [0.3, 0.4) is 0 Å². The highest BCUT2D eigenvalue weighted by molar-refractivity contribution is 6.13. The Bertz CT molecular complexity index is 1280. The minimum atomic E-state index is -0.550. The van der Waals surface area contributed by atoms with Gasteiger partial charge in [-0.1, -0.05) is 36.4 Å². The lowest BCUT2D eigenvalue weighted by Crippen LogP contribution is -2.13. The van der Waals surface area contributed by atoms with E-state index in [1.165, 1.54) is 6.08 Å². The summed E-state index contributed by atoms with van der Waals surface area (Å²) < 4.78 is 0. The van der Waals surface area contributed by atoms with E-state index in [-0.39, 0.29) is 11.3 Å². The number of carbonyl (C=O) groups is 1. The van der Waals surface area contributed by atoms with Gasteiger partial charge in [0.25, 0.3) is 5.91 Å². The maximum Gasteiger partial charge on any atom is 0.266 e. The van der Waals surface area contributed by atoms with Gasteiger partial charge in [0.15, 0.2) is 0 Å². The van der Waals surface area contributed by atoms with Crippen LogP contribution in [0.4, 0.5) is 5.69 Å². The summed E-state index contributed by atoms with van der Waals surface area (Å²) in [6, 6.07) is 21.8. The summed E-state index contributed by atoms with van der Waals surface area (Å²) in [5.41, 5.74) is 1.64. The second-order valence-corrected chi connectivity index (χ2v) is 6.22. The Kier molecular flexibility index (Phi) is 4.45. The first-order valence-electron chi connectivity index (χ1n) is 8.65. The SMILES string of the molecule is N#CC(=Cc1c(O)ccc2ccccc12)C(=O)Nc1cccc2ncccc12. The number of rotatable bonds is 3. The number of hydrogen-bond acceptors (Lipinski definition) is 4. The number of nitriles is 1. The molecule has 1 heterocycles. The van der Waals surface area contributed by atoms with Crippen LogP contribution in [0.5, 0.6) is 5.75 Å². The molecule has 3 aromatic carbocycles. The van der Waals surface area contributed by atoms with Crippen LogP contribution in [0.15, 0.2) is 78.5 Å². The number of amides is 1. The topological polar surface area (TPSA) is 86.0 Å². The maximum absolute atomic E-state index is 12.7. The number of phenols is 1. The largest absolute Gasteiger partial charge is 0.507 e. The Morgan fingerprint density at radius 3 is 2.68 bits per heavy atom. The zero-order valence-electron chi connectivity index (χ0n) is 14.8. The Morgan fingerprint density at radius 1 is 1.00 bits per heavy atom. The molecule has 2 N–H and O–H groups in total. The van der Waals surface area contributed by atoms with Crippen molar-refractivity contribution < 1.29 is 9.90 Å². The number of aromatic nitrogens is 1. The number of fused-ring (bicyclic) bond motifs is 2. The lowest BCUT2D eigenvalue weighted by Gasteiger charge is -2.09. The van der Waals surface area contributed by atoms with Gasteiger partial charge in [-0.2, -0.15) is 5.26 Å². The van der Waals surface area contributed by atoms with Crippen molar-refractivity contribution >= 4 is 39.3 Å². The summed E-state index contributed by atoms with van der Waals surface area (Å²) in [4.78, 5) is 17.0. The molecule has 28 heavy (non-hydrogen) atoms. The molecule has 0 unspecified atom stereocenters. The van der Waals surface area contributed by atoms with Crippen molar-refractivity contribution in [3.63, 3.8) is 0 Å². The summed E-state index contributed by atoms with van der Waals surface area (Å²) in [7, 11) is 0. The molecular weight excluding hydrogens is 350 g/mol.